The van der Waals surface area contributed by atoms with Crippen LogP contribution in [0.25, 0.3) is 32.7 Å². The number of rotatable bonds is 4. The Morgan fingerprint density at radius 1 is 1.14 bits per heavy atom. The van der Waals surface area contributed by atoms with E-state index < -0.39 is 23.3 Å². The van der Waals surface area contributed by atoms with E-state index in [0.717, 1.165) is 30.2 Å². The number of hydrogen-bond donors (Lipinski definition) is 1. The van der Waals surface area contributed by atoms with Crippen molar-refractivity contribution < 1.29 is 27.6 Å². The van der Waals surface area contributed by atoms with Crippen molar-refractivity contribution in [1.82, 2.24) is 20.4 Å². The lowest BCUT2D eigenvalue weighted by Gasteiger charge is -2.38. The van der Waals surface area contributed by atoms with Crippen molar-refractivity contribution in [2.24, 2.45) is 0 Å². The normalized spacial score (nSPS) is 19.8. The number of aromatic nitrogens is 2. The number of nitrogens with one attached hydrogen (secondary N) is 1. The van der Waals surface area contributed by atoms with Gasteiger partial charge in [0.05, 0.1) is 21.8 Å². The summed E-state index contributed by atoms with van der Waals surface area (Å²) in [5, 5.41) is 16.7. The monoisotopic (exact) mass is 605 g/mol. The van der Waals surface area contributed by atoms with E-state index in [2.05, 4.69) is 15.5 Å². The first-order valence-corrected chi connectivity index (χ1v) is 14.8. The Labute approximate surface area is 250 Å². The Bertz CT molecular complexity index is 1790. The molecule has 0 radical (unpaired) electrons. The molecule has 0 spiro atoms. The third-order valence-corrected chi connectivity index (χ3v) is 8.92. The fourth-order valence-corrected chi connectivity index (χ4v) is 7.06. The highest BCUT2D eigenvalue weighted by atomic mass is 32.1. The van der Waals surface area contributed by atoms with Crippen LogP contribution in [0.1, 0.15) is 67.5 Å². The van der Waals surface area contributed by atoms with Gasteiger partial charge in [-0.2, -0.15) is 5.26 Å². The van der Waals surface area contributed by atoms with E-state index in [4.69, 9.17) is 9.26 Å². The molecule has 2 saturated heterocycles. The first-order chi connectivity index (χ1) is 20.4. The fraction of sp³-hybridized carbons (Fsp3) is 0.387. The summed E-state index contributed by atoms with van der Waals surface area (Å²) in [6, 6.07) is 8.29. The Hall–Kier alpha value is -4.37. The Morgan fingerprint density at radius 2 is 1.86 bits per heavy atom. The lowest BCUT2D eigenvalue weighted by atomic mass is 9.97. The topological polar surface area (TPSA) is 121 Å². The fourth-order valence-electron chi connectivity index (χ4n) is 6.01. The van der Waals surface area contributed by atoms with E-state index >= 15 is 4.39 Å². The van der Waals surface area contributed by atoms with Crippen LogP contribution in [0, 0.1) is 29.9 Å². The van der Waals surface area contributed by atoms with Crippen molar-refractivity contribution >= 4 is 34.3 Å². The third-order valence-electron chi connectivity index (χ3n) is 7.85. The number of nitriles is 1. The van der Waals surface area contributed by atoms with Gasteiger partial charge in [0.1, 0.15) is 23.3 Å². The van der Waals surface area contributed by atoms with Crippen molar-refractivity contribution in [2.45, 2.75) is 77.1 Å². The van der Waals surface area contributed by atoms with Gasteiger partial charge >= 0.3 is 6.09 Å². The lowest BCUT2D eigenvalue weighted by Crippen LogP contribution is -2.53. The van der Waals surface area contributed by atoms with Crippen molar-refractivity contribution in [1.29, 1.82) is 5.26 Å². The standard InChI is InChI=1S/C31H29F2N5O4S/c1-15-21-12-24(33)22(13-25(21)42-37-15)27-26(16-5-6-17(14-34)23(32)9-16)36-28(43-27)29(39)38-19-7-8-20(38)11-18(10-19)35-30(40)41-31(2,3)4/h5-6,9,12-13,18-20H,7-8,10-11H2,1-4H3,(H,35,40). The average Bonchev–Trinajstić information content (AvgIpc) is 3.61. The van der Waals surface area contributed by atoms with E-state index in [9.17, 15) is 19.2 Å². The summed E-state index contributed by atoms with van der Waals surface area (Å²) in [7, 11) is 0. The molecule has 6 rings (SSSR count). The number of benzene rings is 2. The number of thiazole rings is 1. The molecule has 43 heavy (non-hydrogen) atoms. The van der Waals surface area contributed by atoms with Crippen LogP contribution < -0.4 is 5.32 Å². The number of fused-ring (bicyclic) bond motifs is 3. The highest BCUT2D eigenvalue weighted by Gasteiger charge is 2.45. The van der Waals surface area contributed by atoms with Crippen LogP contribution in [0.4, 0.5) is 13.6 Å². The zero-order chi connectivity index (χ0) is 30.6. The first-order valence-electron chi connectivity index (χ1n) is 14.0. The number of hydrogen-bond acceptors (Lipinski definition) is 8. The summed E-state index contributed by atoms with van der Waals surface area (Å²) in [6.07, 6.45) is 2.23. The number of carbonyl (C=O) groups excluding carboxylic acids is 2. The maximum atomic E-state index is 15.6. The second-order valence-corrected chi connectivity index (χ2v) is 13.0. The van der Waals surface area contributed by atoms with E-state index in [-0.39, 0.29) is 45.9 Å². The van der Waals surface area contributed by atoms with Gasteiger partial charge in [0.25, 0.3) is 5.91 Å². The molecule has 2 bridgehead atoms. The van der Waals surface area contributed by atoms with Gasteiger partial charge in [0, 0.05) is 34.6 Å². The van der Waals surface area contributed by atoms with Crippen LogP contribution in [-0.2, 0) is 4.74 Å². The summed E-state index contributed by atoms with van der Waals surface area (Å²) in [5.74, 6) is -1.61. The minimum Gasteiger partial charge on any atom is -0.444 e. The van der Waals surface area contributed by atoms with Gasteiger partial charge in [-0.3, -0.25) is 4.79 Å². The summed E-state index contributed by atoms with van der Waals surface area (Å²) in [5.41, 5.74) is 0.816. The maximum absolute atomic E-state index is 15.6. The van der Waals surface area contributed by atoms with Gasteiger partial charge in [-0.1, -0.05) is 11.2 Å². The first kappa shape index (κ1) is 28.7. The number of halogens is 2. The molecule has 4 aromatic rings. The molecule has 2 aliphatic rings. The summed E-state index contributed by atoms with van der Waals surface area (Å²) in [6.45, 7) is 7.12. The smallest absolute Gasteiger partial charge is 0.407 e. The van der Waals surface area contributed by atoms with E-state index in [1.54, 1.807) is 33.8 Å². The number of alkyl carbamates (subject to hydrolysis) is 1. The molecule has 4 heterocycles. The predicted molar refractivity (Wildman–Crippen MR) is 155 cm³/mol. The molecule has 222 valence electrons. The molecule has 2 amide bonds. The highest BCUT2D eigenvalue weighted by molar-refractivity contribution is 7.17. The van der Waals surface area contributed by atoms with Crippen LogP contribution in [0.5, 0.6) is 0 Å². The van der Waals surface area contributed by atoms with Crippen molar-refractivity contribution in [3.63, 3.8) is 0 Å². The molecule has 2 fully saturated rings. The van der Waals surface area contributed by atoms with E-state index in [0.29, 0.717) is 39.9 Å². The van der Waals surface area contributed by atoms with Gasteiger partial charge < -0.3 is 19.5 Å². The number of aryl methyl sites for hydroxylation is 1. The minimum absolute atomic E-state index is 0.111. The Morgan fingerprint density at radius 3 is 2.51 bits per heavy atom. The van der Waals surface area contributed by atoms with Crippen molar-refractivity contribution in [3.8, 4) is 27.8 Å². The molecule has 12 heteroatoms. The zero-order valence-corrected chi connectivity index (χ0v) is 24.8. The van der Waals surface area contributed by atoms with Crippen LogP contribution in [0.2, 0.25) is 0 Å². The molecular weight excluding hydrogens is 576 g/mol. The molecule has 0 saturated carbocycles. The number of piperidine rings is 1. The second kappa shape index (κ2) is 10.7. The summed E-state index contributed by atoms with van der Waals surface area (Å²) >= 11 is 1.02. The van der Waals surface area contributed by atoms with Gasteiger partial charge in [-0.15, -0.1) is 11.3 Å². The average molecular weight is 606 g/mol. The highest BCUT2D eigenvalue weighted by Crippen LogP contribution is 2.43. The van der Waals surface area contributed by atoms with Gasteiger partial charge in [0.15, 0.2) is 10.6 Å². The molecule has 0 aliphatic carbocycles. The van der Waals surface area contributed by atoms with Crippen LogP contribution in [0.15, 0.2) is 34.9 Å². The molecular formula is C31H29F2N5O4S. The minimum atomic E-state index is -0.744. The summed E-state index contributed by atoms with van der Waals surface area (Å²) < 4.78 is 41.0. The third kappa shape index (κ3) is 5.45. The van der Waals surface area contributed by atoms with E-state index in [1.165, 1.54) is 24.3 Å². The number of carbonyl (C=O) groups is 2. The largest absolute Gasteiger partial charge is 0.444 e. The molecule has 9 nitrogen and oxygen atoms in total. The molecule has 2 atom stereocenters. The molecule has 2 aromatic heterocycles. The second-order valence-electron chi connectivity index (χ2n) is 12.0. The zero-order valence-electron chi connectivity index (χ0n) is 24.0. The number of ether oxygens (including phenoxy) is 1. The van der Waals surface area contributed by atoms with E-state index in [1.807, 2.05) is 4.90 Å². The SMILES string of the molecule is Cc1noc2cc(-c3sc(C(=O)N4C5CCC4CC(NC(=O)OC(C)(C)C)C5)nc3-c3ccc(C#N)c(F)c3)c(F)cc12. The van der Waals surface area contributed by atoms with Crippen LogP contribution >= 0.6 is 11.3 Å². The summed E-state index contributed by atoms with van der Waals surface area (Å²) in [4.78, 5) is 33.2. The molecule has 2 aliphatic heterocycles. The van der Waals surface area contributed by atoms with Crippen molar-refractivity contribution in [3.05, 3.63) is 58.2 Å². The molecule has 1 N–H and O–H groups in total. The van der Waals surface area contributed by atoms with Gasteiger partial charge in [-0.25, -0.2) is 18.6 Å². The van der Waals surface area contributed by atoms with Gasteiger partial charge in [-0.05, 0) is 77.6 Å². The maximum Gasteiger partial charge on any atom is 0.407 e. The predicted octanol–water partition coefficient (Wildman–Crippen LogP) is 6.74. The number of nitrogens with zero attached hydrogens (tertiary/aromatic N) is 4. The van der Waals surface area contributed by atoms with Gasteiger partial charge in [0.2, 0.25) is 0 Å². The van der Waals surface area contributed by atoms with Crippen LogP contribution in [-0.4, -0.2) is 50.8 Å². The van der Waals surface area contributed by atoms with Crippen molar-refractivity contribution in [2.75, 3.05) is 0 Å². The lowest BCUT2D eigenvalue weighted by molar-refractivity contribution is 0.0418. The van der Waals surface area contributed by atoms with Crippen LogP contribution in [0.3, 0.4) is 0 Å². The Balaban J connectivity index is 1.35. The molecule has 2 unspecified atom stereocenters. The number of amides is 2. The Kier molecular flexibility index (Phi) is 7.16. The quantitative estimate of drug-likeness (QED) is 0.274. The molecule has 2 aromatic carbocycles.